The molecular formula is C11H9ClFNO2S. The molecule has 0 saturated heterocycles. The van der Waals surface area contributed by atoms with Gasteiger partial charge < -0.3 is 9.84 Å². The lowest BCUT2D eigenvalue weighted by molar-refractivity contribution is 0.285. The summed E-state index contributed by atoms with van der Waals surface area (Å²) in [6.07, 6.45) is 0. The number of aryl methyl sites for hydroxylation is 1. The van der Waals surface area contributed by atoms with Crippen LogP contribution in [0.25, 0.3) is 0 Å². The highest BCUT2D eigenvalue weighted by molar-refractivity contribution is 7.13. The summed E-state index contributed by atoms with van der Waals surface area (Å²) < 4.78 is 18.6. The fraction of sp³-hybridized carbons (Fsp3) is 0.182. The van der Waals surface area contributed by atoms with E-state index in [1.165, 1.54) is 6.07 Å². The van der Waals surface area contributed by atoms with Gasteiger partial charge in [-0.15, -0.1) is 0 Å². The molecule has 1 N–H and O–H groups in total. The Bertz CT molecular complexity index is 544. The van der Waals surface area contributed by atoms with Crippen LogP contribution in [0.5, 0.6) is 10.9 Å². The fourth-order valence-electron chi connectivity index (χ4n) is 1.19. The van der Waals surface area contributed by atoms with Crippen LogP contribution in [-0.2, 0) is 6.61 Å². The Hall–Kier alpha value is -1.17. The second kappa shape index (κ2) is 5.00. The van der Waals surface area contributed by atoms with E-state index in [2.05, 4.69) is 4.98 Å². The Balaban J connectivity index is 2.22. The standard InChI is InChI=1S/C11H9ClFNO2S/c1-6-2-3-7(4-8(6)13)16-11-14-10(12)9(5-15)17-11/h2-4,15H,5H2,1H3. The Morgan fingerprint density at radius 1 is 1.53 bits per heavy atom. The molecule has 0 unspecified atom stereocenters. The highest BCUT2D eigenvalue weighted by Gasteiger charge is 2.10. The quantitative estimate of drug-likeness (QED) is 0.930. The van der Waals surface area contributed by atoms with Gasteiger partial charge in [0.25, 0.3) is 5.19 Å². The van der Waals surface area contributed by atoms with Gasteiger partial charge in [-0.1, -0.05) is 29.0 Å². The van der Waals surface area contributed by atoms with E-state index in [0.717, 1.165) is 11.3 Å². The largest absolute Gasteiger partial charge is 0.431 e. The van der Waals surface area contributed by atoms with Gasteiger partial charge in [-0.05, 0) is 18.6 Å². The smallest absolute Gasteiger partial charge is 0.280 e. The minimum Gasteiger partial charge on any atom is -0.431 e. The molecule has 0 radical (unpaired) electrons. The van der Waals surface area contributed by atoms with Crippen molar-refractivity contribution < 1.29 is 14.2 Å². The molecule has 0 amide bonds. The van der Waals surface area contributed by atoms with Crippen LogP contribution in [0.2, 0.25) is 5.15 Å². The van der Waals surface area contributed by atoms with Crippen molar-refractivity contribution in [1.82, 2.24) is 4.98 Å². The van der Waals surface area contributed by atoms with Gasteiger partial charge in [0.15, 0.2) is 0 Å². The zero-order chi connectivity index (χ0) is 12.4. The molecule has 2 aromatic rings. The molecular weight excluding hydrogens is 265 g/mol. The predicted molar refractivity (Wildman–Crippen MR) is 64.3 cm³/mol. The fourth-order valence-corrected chi connectivity index (χ4v) is 2.17. The number of aliphatic hydroxyl groups is 1. The molecule has 0 fully saturated rings. The summed E-state index contributed by atoms with van der Waals surface area (Å²) in [6, 6.07) is 4.54. The van der Waals surface area contributed by atoms with Crippen LogP contribution < -0.4 is 4.74 Å². The lowest BCUT2D eigenvalue weighted by atomic mass is 10.2. The molecule has 17 heavy (non-hydrogen) atoms. The molecule has 0 bridgehead atoms. The van der Waals surface area contributed by atoms with Crippen molar-refractivity contribution >= 4 is 22.9 Å². The molecule has 3 nitrogen and oxygen atoms in total. The topological polar surface area (TPSA) is 42.4 Å². The van der Waals surface area contributed by atoms with Gasteiger partial charge in [0.1, 0.15) is 16.7 Å². The van der Waals surface area contributed by atoms with Crippen LogP contribution in [0.15, 0.2) is 18.2 Å². The number of aromatic nitrogens is 1. The third-order valence-electron chi connectivity index (χ3n) is 2.12. The van der Waals surface area contributed by atoms with Crippen LogP contribution >= 0.6 is 22.9 Å². The zero-order valence-electron chi connectivity index (χ0n) is 8.91. The third-order valence-corrected chi connectivity index (χ3v) is 3.46. The molecule has 0 atom stereocenters. The van der Waals surface area contributed by atoms with Crippen molar-refractivity contribution in [1.29, 1.82) is 0 Å². The highest BCUT2D eigenvalue weighted by atomic mass is 35.5. The van der Waals surface area contributed by atoms with Crippen molar-refractivity contribution in [2.24, 2.45) is 0 Å². The average molecular weight is 274 g/mol. The lowest BCUT2D eigenvalue weighted by Crippen LogP contribution is -1.86. The molecule has 1 aromatic carbocycles. The number of rotatable bonds is 3. The first-order valence-corrected chi connectivity index (χ1v) is 5.99. The molecule has 0 aliphatic rings. The maximum atomic E-state index is 13.3. The molecule has 1 heterocycles. The minimum absolute atomic E-state index is 0.192. The maximum absolute atomic E-state index is 13.3. The molecule has 0 aliphatic carbocycles. The Labute approximate surface area is 106 Å². The van der Waals surface area contributed by atoms with E-state index in [4.69, 9.17) is 21.4 Å². The monoisotopic (exact) mass is 273 g/mol. The van der Waals surface area contributed by atoms with E-state index in [1.54, 1.807) is 19.1 Å². The first kappa shape index (κ1) is 12.3. The lowest BCUT2D eigenvalue weighted by Gasteiger charge is -2.02. The highest BCUT2D eigenvalue weighted by Crippen LogP contribution is 2.32. The van der Waals surface area contributed by atoms with Gasteiger partial charge in [0.2, 0.25) is 0 Å². The summed E-state index contributed by atoms with van der Waals surface area (Å²) >= 11 is 6.88. The summed E-state index contributed by atoms with van der Waals surface area (Å²) in [4.78, 5) is 4.43. The van der Waals surface area contributed by atoms with Crippen molar-refractivity contribution in [3.05, 3.63) is 39.6 Å². The van der Waals surface area contributed by atoms with E-state index in [0.29, 0.717) is 16.2 Å². The molecule has 6 heteroatoms. The molecule has 2 rings (SSSR count). The van der Waals surface area contributed by atoms with Crippen LogP contribution in [-0.4, -0.2) is 10.1 Å². The van der Waals surface area contributed by atoms with E-state index in [-0.39, 0.29) is 22.8 Å². The van der Waals surface area contributed by atoms with Gasteiger partial charge in [0, 0.05) is 6.07 Å². The maximum Gasteiger partial charge on any atom is 0.280 e. The van der Waals surface area contributed by atoms with Gasteiger partial charge in [-0.25, -0.2) is 4.39 Å². The first-order valence-electron chi connectivity index (χ1n) is 4.80. The van der Waals surface area contributed by atoms with Crippen molar-refractivity contribution in [2.45, 2.75) is 13.5 Å². The molecule has 0 spiro atoms. The van der Waals surface area contributed by atoms with Crippen LogP contribution in [0.3, 0.4) is 0 Å². The predicted octanol–water partition coefficient (Wildman–Crippen LogP) is 3.53. The van der Waals surface area contributed by atoms with E-state index in [1.807, 2.05) is 0 Å². The number of benzene rings is 1. The number of nitrogens with zero attached hydrogens (tertiary/aromatic N) is 1. The number of ether oxygens (including phenoxy) is 1. The van der Waals surface area contributed by atoms with Crippen LogP contribution in [0.1, 0.15) is 10.4 Å². The number of thiazole rings is 1. The molecule has 90 valence electrons. The Morgan fingerprint density at radius 3 is 2.88 bits per heavy atom. The zero-order valence-corrected chi connectivity index (χ0v) is 10.5. The van der Waals surface area contributed by atoms with Gasteiger partial charge in [0.05, 0.1) is 11.5 Å². The summed E-state index contributed by atoms with van der Waals surface area (Å²) in [5.41, 5.74) is 0.547. The summed E-state index contributed by atoms with van der Waals surface area (Å²) in [7, 11) is 0. The number of hydrogen-bond donors (Lipinski definition) is 1. The summed E-state index contributed by atoms with van der Waals surface area (Å²) in [6.45, 7) is 1.48. The van der Waals surface area contributed by atoms with Crippen molar-refractivity contribution in [2.75, 3.05) is 0 Å². The van der Waals surface area contributed by atoms with Crippen molar-refractivity contribution in [3.63, 3.8) is 0 Å². The summed E-state index contributed by atoms with van der Waals surface area (Å²) in [5, 5.41) is 9.44. The number of halogens is 2. The Kier molecular flexibility index (Phi) is 3.61. The van der Waals surface area contributed by atoms with E-state index in [9.17, 15) is 4.39 Å². The number of hydrogen-bond acceptors (Lipinski definition) is 4. The normalized spacial score (nSPS) is 10.6. The van der Waals surface area contributed by atoms with Crippen LogP contribution in [0, 0.1) is 12.7 Å². The van der Waals surface area contributed by atoms with Gasteiger partial charge in [-0.3, -0.25) is 0 Å². The van der Waals surface area contributed by atoms with E-state index >= 15 is 0 Å². The van der Waals surface area contributed by atoms with Gasteiger partial charge in [-0.2, -0.15) is 4.98 Å². The summed E-state index contributed by atoms with van der Waals surface area (Å²) in [5.74, 6) is 0.00976. The third kappa shape index (κ3) is 2.74. The molecule has 0 aliphatic heterocycles. The second-order valence-corrected chi connectivity index (χ2v) is 4.77. The van der Waals surface area contributed by atoms with Crippen LogP contribution in [0.4, 0.5) is 4.39 Å². The SMILES string of the molecule is Cc1ccc(Oc2nc(Cl)c(CO)s2)cc1F. The number of aliphatic hydroxyl groups excluding tert-OH is 1. The average Bonchev–Trinajstić information content (AvgIpc) is 2.64. The minimum atomic E-state index is -0.340. The molecule has 1 aromatic heterocycles. The Morgan fingerprint density at radius 2 is 2.29 bits per heavy atom. The molecule has 0 saturated carbocycles. The van der Waals surface area contributed by atoms with Crippen molar-refractivity contribution in [3.8, 4) is 10.9 Å². The second-order valence-electron chi connectivity index (χ2n) is 3.36. The van der Waals surface area contributed by atoms with Gasteiger partial charge >= 0.3 is 0 Å². The first-order chi connectivity index (χ1) is 8.10. The van der Waals surface area contributed by atoms with E-state index < -0.39 is 0 Å².